The minimum absolute atomic E-state index is 0.0800. The second kappa shape index (κ2) is 11.8. The standard InChI is InChI=1S/C27H32N2O4S/c1-6-29(7-2)21-15-12-19(22(17-21)32-8-3)16-23-25(30)24(27(31)33-9-4)26(34-23)28-20-13-10-18(5)11-14-20/h10-17,30H,6-9H2,1-5H3/b23-16+,28-26?. The van der Waals surface area contributed by atoms with Gasteiger partial charge in [0.05, 0.1) is 23.8 Å². The van der Waals surface area contributed by atoms with Crippen LogP contribution in [0.15, 0.2) is 63.7 Å². The number of thioether (sulfide) groups is 1. The lowest BCUT2D eigenvalue weighted by molar-refractivity contribution is -0.138. The Balaban J connectivity index is 2.05. The van der Waals surface area contributed by atoms with Crippen LogP contribution in [0.2, 0.25) is 0 Å². The van der Waals surface area contributed by atoms with E-state index in [1.54, 1.807) is 6.92 Å². The van der Waals surface area contributed by atoms with Crippen LogP contribution in [0.3, 0.4) is 0 Å². The van der Waals surface area contributed by atoms with Gasteiger partial charge in [-0.1, -0.05) is 29.5 Å². The van der Waals surface area contributed by atoms with E-state index in [9.17, 15) is 9.90 Å². The Morgan fingerprint density at radius 1 is 1.06 bits per heavy atom. The number of ether oxygens (including phenoxy) is 2. The van der Waals surface area contributed by atoms with Gasteiger partial charge in [0, 0.05) is 30.4 Å². The molecule has 1 aliphatic rings. The van der Waals surface area contributed by atoms with Crippen molar-refractivity contribution >= 4 is 40.2 Å². The van der Waals surface area contributed by atoms with Crippen molar-refractivity contribution < 1.29 is 19.4 Å². The molecule has 1 aliphatic heterocycles. The number of hydrogen-bond acceptors (Lipinski definition) is 7. The van der Waals surface area contributed by atoms with Crippen LogP contribution in [0.1, 0.15) is 38.8 Å². The lowest BCUT2D eigenvalue weighted by atomic mass is 10.1. The Labute approximate surface area is 206 Å². The number of rotatable bonds is 9. The zero-order chi connectivity index (χ0) is 24.7. The Hall–Kier alpha value is -3.19. The first-order valence-corrected chi connectivity index (χ1v) is 12.4. The summed E-state index contributed by atoms with van der Waals surface area (Å²) in [5.41, 5.74) is 3.78. The molecule has 2 aromatic rings. The van der Waals surface area contributed by atoms with Gasteiger partial charge in [-0.25, -0.2) is 9.79 Å². The molecule has 34 heavy (non-hydrogen) atoms. The van der Waals surface area contributed by atoms with E-state index >= 15 is 0 Å². The van der Waals surface area contributed by atoms with Crippen molar-refractivity contribution in [2.24, 2.45) is 4.99 Å². The van der Waals surface area contributed by atoms with Crippen molar-refractivity contribution in [2.75, 3.05) is 31.2 Å². The quantitative estimate of drug-likeness (QED) is 0.417. The van der Waals surface area contributed by atoms with Gasteiger partial charge in [0.1, 0.15) is 22.1 Å². The highest BCUT2D eigenvalue weighted by molar-refractivity contribution is 8.18. The summed E-state index contributed by atoms with van der Waals surface area (Å²) in [6, 6.07) is 13.7. The SMILES string of the molecule is CCOC(=O)C1=C(O)/C(=C\c2ccc(N(CC)CC)cc2OCC)SC1=Nc1ccc(C)cc1. The molecule has 0 radical (unpaired) electrons. The molecule has 0 fully saturated rings. The molecule has 0 aromatic heterocycles. The van der Waals surface area contributed by atoms with Crippen LogP contribution >= 0.6 is 11.8 Å². The largest absolute Gasteiger partial charge is 0.506 e. The van der Waals surface area contributed by atoms with E-state index in [1.807, 2.05) is 62.4 Å². The van der Waals surface area contributed by atoms with E-state index < -0.39 is 5.97 Å². The molecule has 0 amide bonds. The molecule has 0 saturated heterocycles. The van der Waals surface area contributed by atoms with Gasteiger partial charge in [0.2, 0.25) is 0 Å². The number of aryl methyl sites for hydroxylation is 1. The van der Waals surface area contributed by atoms with Gasteiger partial charge in [-0.15, -0.1) is 0 Å². The number of aliphatic hydroxyl groups excluding tert-OH is 1. The third-order valence-corrected chi connectivity index (χ3v) is 6.37. The van der Waals surface area contributed by atoms with Gasteiger partial charge >= 0.3 is 5.97 Å². The minimum atomic E-state index is -0.594. The van der Waals surface area contributed by atoms with Crippen molar-refractivity contribution in [2.45, 2.75) is 34.6 Å². The van der Waals surface area contributed by atoms with Gasteiger partial charge < -0.3 is 19.5 Å². The molecular formula is C27H32N2O4S. The Bertz CT molecular complexity index is 1120. The van der Waals surface area contributed by atoms with Crippen LogP contribution < -0.4 is 9.64 Å². The first-order valence-electron chi connectivity index (χ1n) is 11.6. The van der Waals surface area contributed by atoms with Crippen LogP contribution in [0.5, 0.6) is 5.75 Å². The third-order valence-electron chi connectivity index (χ3n) is 5.35. The molecule has 1 heterocycles. The first-order chi connectivity index (χ1) is 16.4. The summed E-state index contributed by atoms with van der Waals surface area (Å²) in [5.74, 6) is -0.0114. The summed E-state index contributed by atoms with van der Waals surface area (Å²) >= 11 is 1.24. The van der Waals surface area contributed by atoms with Crippen molar-refractivity contribution in [1.82, 2.24) is 0 Å². The first kappa shape index (κ1) is 25.4. The summed E-state index contributed by atoms with van der Waals surface area (Å²) in [6.45, 7) is 12.4. The van der Waals surface area contributed by atoms with Crippen LogP contribution in [0.25, 0.3) is 6.08 Å². The lowest BCUT2D eigenvalue weighted by Crippen LogP contribution is -2.21. The van der Waals surface area contributed by atoms with Crippen molar-refractivity contribution in [3.8, 4) is 5.75 Å². The molecule has 0 atom stereocenters. The fourth-order valence-electron chi connectivity index (χ4n) is 3.58. The van der Waals surface area contributed by atoms with E-state index in [0.29, 0.717) is 22.2 Å². The van der Waals surface area contributed by atoms with Gasteiger partial charge in [-0.2, -0.15) is 0 Å². The summed E-state index contributed by atoms with van der Waals surface area (Å²) in [7, 11) is 0. The van der Waals surface area contributed by atoms with Crippen LogP contribution in [-0.4, -0.2) is 42.4 Å². The normalized spacial score (nSPS) is 15.8. The molecule has 1 N–H and O–H groups in total. The molecule has 0 spiro atoms. The maximum atomic E-state index is 12.7. The number of hydrogen-bond donors (Lipinski definition) is 1. The van der Waals surface area contributed by atoms with E-state index in [1.165, 1.54) is 11.8 Å². The topological polar surface area (TPSA) is 71.4 Å². The van der Waals surface area contributed by atoms with Gasteiger partial charge in [0.25, 0.3) is 0 Å². The van der Waals surface area contributed by atoms with Crippen LogP contribution in [-0.2, 0) is 9.53 Å². The number of carbonyl (C=O) groups is 1. The highest BCUT2D eigenvalue weighted by atomic mass is 32.2. The van der Waals surface area contributed by atoms with Crippen molar-refractivity contribution in [3.63, 3.8) is 0 Å². The molecule has 0 unspecified atom stereocenters. The Morgan fingerprint density at radius 3 is 2.38 bits per heavy atom. The van der Waals surface area contributed by atoms with Crippen molar-refractivity contribution in [3.05, 3.63) is 69.8 Å². The average Bonchev–Trinajstić information content (AvgIpc) is 3.12. The highest BCUT2D eigenvalue weighted by Gasteiger charge is 2.33. The maximum absolute atomic E-state index is 12.7. The fraction of sp³-hybridized carbons (Fsp3) is 0.333. The number of nitrogens with zero attached hydrogens (tertiary/aromatic N) is 2. The predicted octanol–water partition coefficient (Wildman–Crippen LogP) is 6.43. The van der Waals surface area contributed by atoms with Gasteiger partial charge in [0.15, 0.2) is 0 Å². The zero-order valence-corrected chi connectivity index (χ0v) is 21.2. The van der Waals surface area contributed by atoms with E-state index in [2.05, 4.69) is 23.7 Å². The van der Waals surface area contributed by atoms with Gasteiger partial charge in [-0.05, 0) is 65.0 Å². The number of anilines is 1. The predicted molar refractivity (Wildman–Crippen MR) is 141 cm³/mol. The van der Waals surface area contributed by atoms with Crippen LogP contribution in [0.4, 0.5) is 11.4 Å². The number of benzene rings is 2. The second-order valence-electron chi connectivity index (χ2n) is 7.63. The number of aliphatic imine (C=N–C) groups is 1. The minimum Gasteiger partial charge on any atom is -0.506 e. The monoisotopic (exact) mass is 480 g/mol. The number of esters is 1. The third kappa shape index (κ3) is 5.83. The fourth-order valence-corrected chi connectivity index (χ4v) is 4.60. The van der Waals surface area contributed by atoms with E-state index in [4.69, 9.17) is 9.47 Å². The maximum Gasteiger partial charge on any atom is 0.344 e. The Morgan fingerprint density at radius 2 is 1.76 bits per heavy atom. The van der Waals surface area contributed by atoms with E-state index in [-0.39, 0.29) is 17.9 Å². The van der Waals surface area contributed by atoms with Gasteiger partial charge in [-0.3, -0.25) is 0 Å². The molecule has 2 aromatic carbocycles. The number of aliphatic hydroxyl groups is 1. The summed E-state index contributed by atoms with van der Waals surface area (Å²) in [6.07, 6.45) is 1.83. The molecule has 0 saturated carbocycles. The Kier molecular flexibility index (Phi) is 8.82. The molecule has 0 aliphatic carbocycles. The molecule has 7 heteroatoms. The average molecular weight is 481 g/mol. The molecular weight excluding hydrogens is 448 g/mol. The smallest absolute Gasteiger partial charge is 0.344 e. The summed E-state index contributed by atoms with van der Waals surface area (Å²) in [4.78, 5) is 20.1. The van der Waals surface area contributed by atoms with E-state index in [0.717, 1.165) is 35.7 Å². The zero-order valence-electron chi connectivity index (χ0n) is 20.4. The van der Waals surface area contributed by atoms with Crippen LogP contribution in [0, 0.1) is 6.92 Å². The molecule has 180 valence electrons. The second-order valence-corrected chi connectivity index (χ2v) is 8.67. The molecule has 6 nitrogen and oxygen atoms in total. The number of carbonyl (C=O) groups excluding carboxylic acids is 1. The molecule has 0 bridgehead atoms. The highest BCUT2D eigenvalue weighted by Crippen LogP contribution is 2.41. The van der Waals surface area contributed by atoms with Crippen molar-refractivity contribution in [1.29, 1.82) is 0 Å². The lowest BCUT2D eigenvalue weighted by Gasteiger charge is -2.22. The molecule has 3 rings (SSSR count). The summed E-state index contributed by atoms with van der Waals surface area (Å²) < 4.78 is 11.1. The summed E-state index contributed by atoms with van der Waals surface area (Å²) in [5, 5.41) is 11.4.